The van der Waals surface area contributed by atoms with Crippen molar-refractivity contribution in [3.05, 3.63) is 35.4 Å². The van der Waals surface area contributed by atoms with E-state index >= 15 is 0 Å². The number of benzene rings is 1. The average Bonchev–Trinajstić information content (AvgIpc) is 2.77. The van der Waals surface area contributed by atoms with Crippen LogP contribution in [-0.2, 0) is 9.53 Å². The van der Waals surface area contributed by atoms with Gasteiger partial charge >= 0.3 is 0 Å². The van der Waals surface area contributed by atoms with Crippen LogP contribution in [0.15, 0.2) is 24.3 Å². The second-order valence-corrected chi connectivity index (χ2v) is 5.26. The predicted molar refractivity (Wildman–Crippen MR) is 87.0 cm³/mol. The number of hydrogen-bond donors (Lipinski definition) is 2. The molecule has 1 aliphatic heterocycles. The molecule has 0 bridgehead atoms. The molecule has 2 N–H and O–H groups in total. The summed E-state index contributed by atoms with van der Waals surface area (Å²) in [5, 5.41) is 5.48. The topological polar surface area (TPSA) is 87.7 Å². The zero-order chi connectivity index (χ0) is 16.8. The highest BCUT2D eigenvalue weighted by molar-refractivity contribution is 7.80. The van der Waals surface area contributed by atoms with Crippen LogP contribution in [0, 0.1) is 0 Å². The van der Waals surface area contributed by atoms with E-state index < -0.39 is 0 Å². The van der Waals surface area contributed by atoms with E-state index in [2.05, 4.69) is 10.6 Å². The minimum atomic E-state index is -0.376. The van der Waals surface area contributed by atoms with Gasteiger partial charge in [0, 0.05) is 26.6 Å². The first-order valence-corrected chi connectivity index (χ1v) is 7.47. The molecule has 8 heteroatoms. The quantitative estimate of drug-likeness (QED) is 0.442. The Hall–Kier alpha value is -2.32. The summed E-state index contributed by atoms with van der Waals surface area (Å²) in [6.45, 7) is 0.956. The van der Waals surface area contributed by atoms with Gasteiger partial charge in [-0.05, 0) is 24.4 Å². The third-order valence-electron chi connectivity index (χ3n) is 3.29. The third kappa shape index (κ3) is 4.11. The molecule has 0 aliphatic carbocycles. The van der Waals surface area contributed by atoms with Gasteiger partial charge in [-0.25, -0.2) is 0 Å². The number of ether oxygens (including phenoxy) is 1. The second kappa shape index (κ2) is 7.80. The summed E-state index contributed by atoms with van der Waals surface area (Å²) in [6.07, 6.45) is -0.0163. The maximum Gasteiger partial charge on any atom is 0.261 e. The zero-order valence-corrected chi connectivity index (χ0v) is 13.4. The summed E-state index contributed by atoms with van der Waals surface area (Å²) in [4.78, 5) is 37.2. The second-order valence-electron chi connectivity index (χ2n) is 4.85. The van der Waals surface area contributed by atoms with Crippen molar-refractivity contribution in [2.45, 2.75) is 6.42 Å². The van der Waals surface area contributed by atoms with E-state index in [0.29, 0.717) is 24.3 Å². The number of rotatable bonds is 6. The Morgan fingerprint density at radius 3 is 2.39 bits per heavy atom. The summed E-state index contributed by atoms with van der Waals surface area (Å²) in [5.41, 5.74) is 0.740. The number of carbonyl (C=O) groups is 3. The van der Waals surface area contributed by atoms with Crippen molar-refractivity contribution >= 4 is 35.1 Å². The van der Waals surface area contributed by atoms with Crippen LogP contribution in [0.3, 0.4) is 0 Å². The van der Waals surface area contributed by atoms with Crippen molar-refractivity contribution < 1.29 is 19.1 Å². The molecular weight excluding hydrogens is 318 g/mol. The molecule has 0 aromatic heterocycles. The molecule has 1 aromatic rings. The zero-order valence-electron chi connectivity index (χ0n) is 12.6. The molecular formula is C15H17N3O4S. The fourth-order valence-electron chi connectivity index (χ4n) is 2.16. The number of fused-ring (bicyclic) bond motifs is 1. The molecule has 0 fully saturated rings. The monoisotopic (exact) mass is 335 g/mol. The molecule has 0 saturated carbocycles. The van der Waals surface area contributed by atoms with E-state index in [4.69, 9.17) is 17.0 Å². The number of nitrogens with one attached hydrogen (secondary N) is 2. The minimum absolute atomic E-state index is 0.0128. The molecule has 0 atom stereocenters. The Kier molecular flexibility index (Phi) is 5.78. The molecule has 0 radical (unpaired) electrons. The molecule has 0 saturated heterocycles. The van der Waals surface area contributed by atoms with Gasteiger partial charge in [0.15, 0.2) is 5.11 Å². The maximum atomic E-state index is 12.1. The summed E-state index contributed by atoms with van der Waals surface area (Å²) in [7, 11) is 1.56. The Morgan fingerprint density at radius 1 is 1.22 bits per heavy atom. The Balaban J connectivity index is 1.83. The number of hydrogen-bond acceptors (Lipinski definition) is 5. The van der Waals surface area contributed by atoms with E-state index in [1.807, 2.05) is 0 Å². The highest BCUT2D eigenvalue weighted by Gasteiger charge is 2.34. The van der Waals surface area contributed by atoms with Gasteiger partial charge in [0.2, 0.25) is 5.91 Å². The van der Waals surface area contributed by atoms with E-state index in [9.17, 15) is 14.4 Å². The summed E-state index contributed by atoms with van der Waals surface area (Å²) >= 11 is 4.95. The van der Waals surface area contributed by atoms with Crippen molar-refractivity contribution in [1.29, 1.82) is 0 Å². The number of nitrogens with zero attached hydrogens (tertiary/aromatic N) is 1. The van der Waals surface area contributed by atoms with Gasteiger partial charge in [-0.2, -0.15) is 0 Å². The normalized spacial score (nSPS) is 13.0. The van der Waals surface area contributed by atoms with E-state index in [1.165, 1.54) is 0 Å². The maximum absolute atomic E-state index is 12.1. The highest BCUT2D eigenvalue weighted by atomic mass is 32.1. The Morgan fingerprint density at radius 2 is 1.83 bits per heavy atom. The molecule has 3 amide bonds. The molecule has 2 rings (SSSR count). The lowest BCUT2D eigenvalue weighted by atomic mass is 10.1. The lowest BCUT2D eigenvalue weighted by Crippen LogP contribution is -2.42. The van der Waals surface area contributed by atoms with Crippen LogP contribution >= 0.6 is 12.2 Å². The fraction of sp³-hybridized carbons (Fsp3) is 0.333. The van der Waals surface area contributed by atoms with Crippen LogP contribution < -0.4 is 10.6 Å². The first kappa shape index (κ1) is 17.0. The number of amides is 3. The summed E-state index contributed by atoms with van der Waals surface area (Å²) < 4.78 is 4.85. The summed E-state index contributed by atoms with van der Waals surface area (Å²) in [6, 6.07) is 6.60. The lowest BCUT2D eigenvalue weighted by molar-refractivity contribution is -0.119. The molecule has 122 valence electrons. The fourth-order valence-corrected chi connectivity index (χ4v) is 2.37. The van der Waals surface area contributed by atoms with Gasteiger partial charge in [0.05, 0.1) is 17.7 Å². The summed E-state index contributed by atoms with van der Waals surface area (Å²) in [5.74, 6) is -1.12. The standard InChI is InChI=1S/C15H17N3O4S/c1-22-9-7-16-15(23)17-12(19)6-8-18-13(20)10-4-2-3-5-11(10)14(18)21/h2-5H,6-9H2,1H3,(H2,16,17,19,23). The van der Waals surface area contributed by atoms with Gasteiger partial charge in [-0.15, -0.1) is 0 Å². The first-order valence-electron chi connectivity index (χ1n) is 7.06. The van der Waals surface area contributed by atoms with Crippen molar-refractivity contribution in [2.75, 3.05) is 26.8 Å². The van der Waals surface area contributed by atoms with E-state index in [-0.39, 0.29) is 35.8 Å². The SMILES string of the molecule is COCCNC(=S)NC(=O)CCN1C(=O)c2ccccc2C1=O. The molecule has 1 aliphatic rings. The van der Waals surface area contributed by atoms with E-state index in [1.54, 1.807) is 31.4 Å². The number of carbonyl (C=O) groups excluding carboxylic acids is 3. The Labute approximate surface area is 139 Å². The van der Waals surface area contributed by atoms with Crippen molar-refractivity contribution in [1.82, 2.24) is 15.5 Å². The largest absolute Gasteiger partial charge is 0.383 e. The lowest BCUT2D eigenvalue weighted by Gasteiger charge is -2.14. The first-order chi connectivity index (χ1) is 11.0. The van der Waals surface area contributed by atoms with Crippen LogP contribution in [0.1, 0.15) is 27.1 Å². The van der Waals surface area contributed by atoms with Crippen LogP contribution in [0.2, 0.25) is 0 Å². The van der Waals surface area contributed by atoms with Gasteiger partial charge < -0.3 is 15.4 Å². The van der Waals surface area contributed by atoms with Gasteiger partial charge in [-0.3, -0.25) is 19.3 Å². The molecule has 0 unspecified atom stereocenters. The van der Waals surface area contributed by atoms with Gasteiger partial charge in [0.1, 0.15) is 0 Å². The van der Waals surface area contributed by atoms with Gasteiger partial charge in [0.25, 0.3) is 11.8 Å². The van der Waals surface area contributed by atoms with Crippen molar-refractivity contribution in [3.63, 3.8) is 0 Å². The van der Waals surface area contributed by atoms with Crippen molar-refractivity contribution in [2.24, 2.45) is 0 Å². The molecule has 7 nitrogen and oxygen atoms in total. The van der Waals surface area contributed by atoms with Crippen LogP contribution in [0.4, 0.5) is 0 Å². The highest BCUT2D eigenvalue weighted by Crippen LogP contribution is 2.22. The predicted octanol–water partition coefficient (Wildman–Crippen LogP) is 0.310. The number of methoxy groups -OCH3 is 1. The third-order valence-corrected chi connectivity index (χ3v) is 3.53. The minimum Gasteiger partial charge on any atom is -0.383 e. The Bertz CT molecular complexity index is 612. The van der Waals surface area contributed by atoms with Crippen LogP contribution in [0.5, 0.6) is 0 Å². The molecule has 23 heavy (non-hydrogen) atoms. The van der Waals surface area contributed by atoms with Crippen LogP contribution in [-0.4, -0.2) is 54.5 Å². The van der Waals surface area contributed by atoms with Crippen molar-refractivity contribution in [3.8, 4) is 0 Å². The number of thiocarbonyl (C=S) groups is 1. The molecule has 0 spiro atoms. The number of imide groups is 1. The van der Waals surface area contributed by atoms with E-state index in [0.717, 1.165) is 4.90 Å². The molecule has 1 aromatic carbocycles. The van der Waals surface area contributed by atoms with Gasteiger partial charge in [-0.1, -0.05) is 12.1 Å². The smallest absolute Gasteiger partial charge is 0.261 e. The molecule has 1 heterocycles. The van der Waals surface area contributed by atoms with Crippen LogP contribution in [0.25, 0.3) is 0 Å². The average molecular weight is 335 g/mol.